The van der Waals surface area contributed by atoms with Crippen molar-refractivity contribution in [2.75, 3.05) is 0 Å². The van der Waals surface area contributed by atoms with Gasteiger partial charge < -0.3 is 0 Å². The fourth-order valence-electron chi connectivity index (χ4n) is 3.75. The molecule has 2 aliphatic carbocycles. The Morgan fingerprint density at radius 1 is 0.941 bits per heavy atom. The van der Waals surface area contributed by atoms with Crippen molar-refractivity contribution in [3.05, 3.63) is 53.1 Å². The monoisotopic (exact) mass is 224 g/mol. The van der Waals surface area contributed by atoms with Crippen molar-refractivity contribution in [3.63, 3.8) is 0 Å². The molecule has 0 heteroatoms. The molecule has 1 aromatic rings. The van der Waals surface area contributed by atoms with E-state index in [2.05, 4.69) is 64.1 Å². The van der Waals surface area contributed by atoms with E-state index >= 15 is 0 Å². The molecule has 2 atom stereocenters. The maximum Gasteiger partial charge on any atom is 0.0162 e. The van der Waals surface area contributed by atoms with E-state index in [1.165, 1.54) is 17.6 Å². The molecule has 0 radical (unpaired) electrons. The zero-order valence-corrected chi connectivity index (χ0v) is 11.2. The first kappa shape index (κ1) is 10.8. The van der Waals surface area contributed by atoms with E-state index in [1.54, 1.807) is 11.1 Å². The van der Waals surface area contributed by atoms with Gasteiger partial charge in [0, 0.05) is 10.8 Å². The molecule has 0 fully saturated rings. The van der Waals surface area contributed by atoms with Crippen molar-refractivity contribution < 1.29 is 0 Å². The summed E-state index contributed by atoms with van der Waals surface area (Å²) in [5.41, 5.74) is 6.75. The van der Waals surface area contributed by atoms with Crippen molar-refractivity contribution in [2.45, 2.75) is 34.1 Å². The van der Waals surface area contributed by atoms with Gasteiger partial charge in [-0.1, -0.05) is 61.4 Å². The van der Waals surface area contributed by atoms with Gasteiger partial charge in [0.25, 0.3) is 0 Å². The van der Waals surface area contributed by atoms with E-state index < -0.39 is 0 Å². The van der Waals surface area contributed by atoms with Crippen molar-refractivity contribution in [1.82, 2.24) is 0 Å². The Labute approximate surface area is 104 Å². The van der Waals surface area contributed by atoms with Gasteiger partial charge >= 0.3 is 0 Å². The molecule has 0 saturated heterocycles. The fourth-order valence-corrected chi connectivity index (χ4v) is 3.75. The smallest absolute Gasteiger partial charge is 0.0162 e. The summed E-state index contributed by atoms with van der Waals surface area (Å²) >= 11 is 0. The van der Waals surface area contributed by atoms with Crippen molar-refractivity contribution in [2.24, 2.45) is 10.8 Å². The summed E-state index contributed by atoms with van der Waals surface area (Å²) in [5.74, 6) is 0. The Morgan fingerprint density at radius 2 is 1.59 bits per heavy atom. The quantitative estimate of drug-likeness (QED) is 0.599. The van der Waals surface area contributed by atoms with Crippen LogP contribution in [0, 0.1) is 10.8 Å². The molecule has 0 N–H and O–H groups in total. The van der Waals surface area contributed by atoms with E-state index in [0.29, 0.717) is 10.8 Å². The first-order valence-corrected chi connectivity index (χ1v) is 6.45. The highest BCUT2D eigenvalue weighted by atomic mass is 14.6. The zero-order valence-electron chi connectivity index (χ0n) is 11.2. The summed E-state index contributed by atoms with van der Waals surface area (Å²) in [4.78, 5) is 0. The van der Waals surface area contributed by atoms with Gasteiger partial charge in [-0.2, -0.15) is 0 Å². The second-order valence-electron chi connectivity index (χ2n) is 6.00. The summed E-state index contributed by atoms with van der Waals surface area (Å²) in [5, 5.41) is 0. The molecule has 17 heavy (non-hydrogen) atoms. The fraction of sp³-hybridized carbons (Fsp3) is 0.412. The minimum Gasteiger partial charge on any atom is -0.0698 e. The van der Waals surface area contributed by atoms with Gasteiger partial charge in [-0.3, -0.25) is 0 Å². The lowest BCUT2D eigenvalue weighted by Gasteiger charge is -2.53. The molecule has 1 aromatic carbocycles. The van der Waals surface area contributed by atoms with Crippen LogP contribution in [0.15, 0.2) is 47.6 Å². The molecule has 0 aromatic heterocycles. The lowest BCUT2D eigenvalue weighted by atomic mass is 9.50. The highest BCUT2D eigenvalue weighted by Crippen LogP contribution is 2.68. The molecule has 88 valence electrons. The van der Waals surface area contributed by atoms with E-state index in [1.807, 2.05) is 0 Å². The Kier molecular flexibility index (Phi) is 1.99. The van der Waals surface area contributed by atoms with Crippen LogP contribution >= 0.6 is 0 Å². The number of allylic oxidation sites excluding steroid dienone is 4. The maximum absolute atomic E-state index is 2.50. The summed E-state index contributed by atoms with van der Waals surface area (Å²) in [6.07, 6.45) is 3.70. The molecule has 0 amide bonds. The molecule has 0 heterocycles. The molecular formula is C17H20. The van der Waals surface area contributed by atoms with Crippen LogP contribution in [0.25, 0.3) is 5.57 Å². The van der Waals surface area contributed by atoms with Crippen LogP contribution in [-0.2, 0) is 0 Å². The second kappa shape index (κ2) is 3.13. The molecule has 0 unspecified atom stereocenters. The van der Waals surface area contributed by atoms with E-state index in [-0.39, 0.29) is 0 Å². The predicted molar refractivity (Wildman–Crippen MR) is 73.6 cm³/mol. The van der Waals surface area contributed by atoms with Crippen LogP contribution in [0.3, 0.4) is 0 Å². The first-order valence-electron chi connectivity index (χ1n) is 6.45. The lowest BCUT2D eigenvalue weighted by Crippen LogP contribution is -2.44. The molecule has 2 aliphatic rings. The molecule has 0 bridgehead atoms. The average Bonchev–Trinajstić information content (AvgIpc) is 2.61. The van der Waals surface area contributed by atoms with Crippen LogP contribution < -0.4 is 0 Å². The van der Waals surface area contributed by atoms with Crippen molar-refractivity contribution in [3.8, 4) is 0 Å². The van der Waals surface area contributed by atoms with Gasteiger partial charge in [0.1, 0.15) is 0 Å². The minimum absolute atomic E-state index is 0.294. The third kappa shape index (κ3) is 1.14. The van der Waals surface area contributed by atoms with E-state index in [4.69, 9.17) is 0 Å². The third-order valence-corrected chi connectivity index (χ3v) is 5.47. The molecule has 0 saturated carbocycles. The third-order valence-electron chi connectivity index (χ3n) is 5.47. The Hall–Kier alpha value is -1.30. The van der Waals surface area contributed by atoms with E-state index in [9.17, 15) is 0 Å². The van der Waals surface area contributed by atoms with Gasteiger partial charge in [0.05, 0.1) is 0 Å². The highest BCUT2D eigenvalue weighted by molar-refractivity contribution is 5.74. The van der Waals surface area contributed by atoms with E-state index in [0.717, 1.165) is 0 Å². The number of rotatable bonds is 1. The molecular weight excluding hydrogens is 204 g/mol. The topological polar surface area (TPSA) is 0 Å². The lowest BCUT2D eigenvalue weighted by molar-refractivity contribution is 0.176. The van der Waals surface area contributed by atoms with Crippen LogP contribution in [-0.4, -0.2) is 0 Å². The largest absolute Gasteiger partial charge is 0.0698 e. The zero-order chi connectivity index (χ0) is 12.3. The number of hydrogen-bond donors (Lipinski definition) is 0. The second-order valence-corrected chi connectivity index (χ2v) is 6.00. The van der Waals surface area contributed by atoms with Gasteiger partial charge in [-0.15, -0.1) is 0 Å². The van der Waals surface area contributed by atoms with Crippen LogP contribution in [0.4, 0.5) is 0 Å². The number of fused-ring (bicyclic) bond motifs is 1. The van der Waals surface area contributed by atoms with Gasteiger partial charge in [-0.25, -0.2) is 0 Å². The normalized spacial score (nSPS) is 35.4. The highest BCUT2D eigenvalue weighted by Gasteiger charge is 2.57. The number of hydrogen-bond acceptors (Lipinski definition) is 0. The van der Waals surface area contributed by atoms with Crippen molar-refractivity contribution in [1.29, 1.82) is 0 Å². The number of benzene rings is 1. The molecule has 0 aliphatic heterocycles. The van der Waals surface area contributed by atoms with Crippen LogP contribution in [0.2, 0.25) is 0 Å². The Bertz CT molecular complexity index is 532. The van der Waals surface area contributed by atoms with Gasteiger partial charge in [0.2, 0.25) is 0 Å². The maximum atomic E-state index is 2.50. The molecule has 0 nitrogen and oxygen atoms in total. The predicted octanol–water partition coefficient (Wildman–Crippen LogP) is 4.84. The standard InChI is InChI=1S/C17H20/c1-12-13(2)17(4)11-15(10-16(12,17)3)14-8-6-5-7-9-14/h5-10H,11H2,1-4H3/t16-,17+/m1/s1. The van der Waals surface area contributed by atoms with Crippen LogP contribution in [0.5, 0.6) is 0 Å². The van der Waals surface area contributed by atoms with Crippen molar-refractivity contribution >= 4 is 5.57 Å². The minimum atomic E-state index is 0.294. The Morgan fingerprint density at radius 3 is 2.18 bits per heavy atom. The van der Waals surface area contributed by atoms with Gasteiger partial charge in [-0.05, 0) is 31.4 Å². The molecule has 0 spiro atoms. The van der Waals surface area contributed by atoms with Crippen LogP contribution in [0.1, 0.15) is 39.7 Å². The first-order chi connectivity index (χ1) is 7.99. The Balaban J connectivity index is 2.05. The van der Waals surface area contributed by atoms with Gasteiger partial charge in [0.15, 0.2) is 0 Å². The summed E-state index contributed by atoms with van der Waals surface area (Å²) in [6.45, 7) is 9.41. The molecule has 3 rings (SSSR count). The summed E-state index contributed by atoms with van der Waals surface area (Å²) in [7, 11) is 0. The SMILES string of the molecule is CC1=C(C)[C@@]2(C)C=C(c3ccccc3)C[C@@]12C. The average molecular weight is 224 g/mol. The summed E-state index contributed by atoms with van der Waals surface area (Å²) in [6, 6.07) is 10.8. The summed E-state index contributed by atoms with van der Waals surface area (Å²) < 4.78 is 0.